The van der Waals surface area contributed by atoms with E-state index in [0.29, 0.717) is 18.1 Å². The van der Waals surface area contributed by atoms with E-state index in [-0.39, 0.29) is 30.0 Å². The van der Waals surface area contributed by atoms with Gasteiger partial charge in [-0.25, -0.2) is 0 Å². The van der Waals surface area contributed by atoms with E-state index in [0.717, 1.165) is 27.8 Å². The number of nitrogens with zero attached hydrogens (tertiary/aromatic N) is 1. The van der Waals surface area contributed by atoms with Gasteiger partial charge in [0, 0.05) is 13.1 Å². The summed E-state index contributed by atoms with van der Waals surface area (Å²) in [4.78, 5) is 37.9. The molecule has 0 spiro atoms. The zero-order chi connectivity index (χ0) is 18.5. The quantitative estimate of drug-likeness (QED) is 0.794. The third-order valence-electron chi connectivity index (χ3n) is 3.74. The molecule has 3 rings (SSSR count). The summed E-state index contributed by atoms with van der Waals surface area (Å²) in [5.41, 5.74) is 1.98. The predicted octanol–water partition coefficient (Wildman–Crippen LogP) is 2.04. The van der Waals surface area contributed by atoms with Gasteiger partial charge < -0.3 is 14.8 Å². The number of benzene rings is 1. The highest BCUT2D eigenvalue weighted by Gasteiger charge is 2.34. The summed E-state index contributed by atoms with van der Waals surface area (Å²) in [7, 11) is 0. The first-order valence-electron chi connectivity index (χ1n) is 8.09. The van der Waals surface area contributed by atoms with Crippen molar-refractivity contribution in [2.45, 2.75) is 6.92 Å². The summed E-state index contributed by atoms with van der Waals surface area (Å²) in [5.74, 6) is -0.706. The molecule has 0 aromatic heterocycles. The summed E-state index contributed by atoms with van der Waals surface area (Å²) < 4.78 is 10.2. The van der Waals surface area contributed by atoms with Crippen molar-refractivity contribution in [3.05, 3.63) is 52.3 Å². The van der Waals surface area contributed by atoms with Crippen LogP contribution >= 0.6 is 11.8 Å². The predicted molar refractivity (Wildman–Crippen MR) is 96.9 cm³/mol. The largest absolute Gasteiger partial charge is 0.494 e. The van der Waals surface area contributed by atoms with Crippen LogP contribution < -0.4 is 5.32 Å². The second-order valence-corrected chi connectivity index (χ2v) is 6.69. The van der Waals surface area contributed by atoms with Crippen molar-refractivity contribution in [3.8, 4) is 0 Å². The third kappa shape index (κ3) is 4.26. The normalized spacial score (nSPS) is 18.4. The SMILES string of the molecule is Cc1ccc(/C=C2\SC(=O)N(CCNC(=O)C3=COCCO3)C2=O)cc1. The average molecular weight is 374 g/mol. The van der Waals surface area contributed by atoms with Gasteiger partial charge >= 0.3 is 0 Å². The number of hydrogen-bond donors (Lipinski definition) is 1. The molecule has 2 aliphatic rings. The number of aryl methyl sites for hydroxylation is 1. The van der Waals surface area contributed by atoms with E-state index in [2.05, 4.69) is 5.32 Å². The molecule has 0 unspecified atom stereocenters. The minimum Gasteiger partial charge on any atom is -0.494 e. The van der Waals surface area contributed by atoms with Crippen molar-refractivity contribution in [3.63, 3.8) is 0 Å². The number of thioether (sulfide) groups is 1. The maximum atomic E-state index is 12.4. The summed E-state index contributed by atoms with van der Waals surface area (Å²) in [6.45, 7) is 2.92. The van der Waals surface area contributed by atoms with Crippen molar-refractivity contribution in [1.82, 2.24) is 10.2 Å². The van der Waals surface area contributed by atoms with Crippen LogP contribution in [0.5, 0.6) is 0 Å². The molecule has 3 amide bonds. The molecular weight excluding hydrogens is 356 g/mol. The molecule has 1 N–H and O–H groups in total. The molecule has 1 aromatic rings. The van der Waals surface area contributed by atoms with Gasteiger partial charge in [-0.05, 0) is 30.3 Å². The van der Waals surface area contributed by atoms with E-state index in [1.54, 1.807) is 6.08 Å². The van der Waals surface area contributed by atoms with Gasteiger partial charge in [-0.2, -0.15) is 0 Å². The van der Waals surface area contributed by atoms with Crippen molar-refractivity contribution >= 4 is 34.9 Å². The van der Waals surface area contributed by atoms with Crippen LogP contribution in [0.25, 0.3) is 6.08 Å². The van der Waals surface area contributed by atoms with E-state index in [1.807, 2.05) is 31.2 Å². The van der Waals surface area contributed by atoms with Crippen molar-refractivity contribution < 1.29 is 23.9 Å². The van der Waals surface area contributed by atoms with Crippen LogP contribution in [0.15, 0.2) is 41.2 Å². The Morgan fingerprint density at radius 2 is 2.04 bits per heavy atom. The Bertz CT molecular complexity index is 785. The summed E-state index contributed by atoms with van der Waals surface area (Å²) >= 11 is 0.897. The number of nitrogens with one attached hydrogen (secondary N) is 1. The molecule has 1 saturated heterocycles. The molecular formula is C18H18N2O5S. The zero-order valence-corrected chi connectivity index (χ0v) is 15.0. The van der Waals surface area contributed by atoms with Gasteiger partial charge in [0.05, 0.1) is 4.91 Å². The van der Waals surface area contributed by atoms with Crippen molar-refractivity contribution in [2.24, 2.45) is 0 Å². The molecule has 0 aliphatic carbocycles. The topological polar surface area (TPSA) is 84.9 Å². The molecule has 1 fully saturated rings. The smallest absolute Gasteiger partial charge is 0.293 e. The Balaban J connectivity index is 1.56. The summed E-state index contributed by atoms with van der Waals surface area (Å²) in [5, 5.41) is 2.26. The Morgan fingerprint density at radius 3 is 2.73 bits per heavy atom. The van der Waals surface area contributed by atoms with Crippen LogP contribution in [0, 0.1) is 6.92 Å². The first-order chi connectivity index (χ1) is 12.5. The standard InChI is InChI=1S/C18H18N2O5S/c1-12-2-4-13(5-3-12)10-15-17(22)20(18(23)26-15)7-6-19-16(21)14-11-24-8-9-25-14/h2-5,10-11H,6-9H2,1H3,(H,19,21)/b15-10-. The maximum absolute atomic E-state index is 12.4. The minimum absolute atomic E-state index is 0.0876. The van der Waals surface area contributed by atoms with Gasteiger partial charge in [0.2, 0.25) is 5.76 Å². The van der Waals surface area contributed by atoms with Gasteiger partial charge in [-0.1, -0.05) is 29.8 Å². The number of rotatable bonds is 5. The fourth-order valence-corrected chi connectivity index (χ4v) is 3.23. The molecule has 0 bridgehead atoms. The molecule has 1 aromatic carbocycles. The van der Waals surface area contributed by atoms with E-state index in [4.69, 9.17) is 9.47 Å². The molecule has 0 radical (unpaired) electrons. The lowest BCUT2D eigenvalue weighted by Crippen LogP contribution is -2.38. The van der Waals surface area contributed by atoms with Crippen LogP contribution in [0.2, 0.25) is 0 Å². The number of amides is 3. The van der Waals surface area contributed by atoms with Crippen LogP contribution in [0.4, 0.5) is 4.79 Å². The molecule has 136 valence electrons. The first kappa shape index (κ1) is 18.1. The van der Waals surface area contributed by atoms with E-state index >= 15 is 0 Å². The Hall–Kier alpha value is -2.74. The number of ether oxygens (including phenoxy) is 2. The van der Waals surface area contributed by atoms with E-state index in [9.17, 15) is 14.4 Å². The lowest BCUT2D eigenvalue weighted by atomic mass is 10.1. The van der Waals surface area contributed by atoms with Gasteiger partial charge in [0.25, 0.3) is 17.1 Å². The molecule has 7 nitrogen and oxygen atoms in total. The van der Waals surface area contributed by atoms with Crippen molar-refractivity contribution in [2.75, 3.05) is 26.3 Å². The summed E-state index contributed by atoms with van der Waals surface area (Å²) in [6.07, 6.45) is 2.95. The second kappa shape index (κ2) is 8.09. The highest BCUT2D eigenvalue weighted by molar-refractivity contribution is 8.18. The Morgan fingerprint density at radius 1 is 1.27 bits per heavy atom. The van der Waals surface area contributed by atoms with E-state index in [1.165, 1.54) is 6.26 Å². The Labute approximate surface area is 155 Å². The molecule has 2 heterocycles. The first-order valence-corrected chi connectivity index (χ1v) is 8.91. The third-order valence-corrected chi connectivity index (χ3v) is 4.65. The number of carbonyl (C=O) groups is 3. The fourth-order valence-electron chi connectivity index (χ4n) is 2.36. The van der Waals surface area contributed by atoms with Crippen LogP contribution in [0.1, 0.15) is 11.1 Å². The average Bonchev–Trinajstić information content (AvgIpc) is 2.91. The van der Waals surface area contributed by atoms with Crippen LogP contribution in [-0.4, -0.2) is 48.3 Å². The minimum atomic E-state index is -0.438. The second-order valence-electron chi connectivity index (χ2n) is 5.70. The molecule has 8 heteroatoms. The summed E-state index contributed by atoms with van der Waals surface area (Å²) in [6, 6.07) is 7.67. The zero-order valence-electron chi connectivity index (χ0n) is 14.2. The van der Waals surface area contributed by atoms with Crippen LogP contribution in [0.3, 0.4) is 0 Å². The van der Waals surface area contributed by atoms with Gasteiger partial charge in [0.15, 0.2) is 0 Å². The highest BCUT2D eigenvalue weighted by atomic mass is 32.2. The lowest BCUT2D eigenvalue weighted by molar-refractivity contribution is -0.124. The molecule has 0 atom stereocenters. The monoisotopic (exact) mass is 374 g/mol. The highest BCUT2D eigenvalue weighted by Crippen LogP contribution is 2.31. The number of imide groups is 1. The van der Waals surface area contributed by atoms with Crippen molar-refractivity contribution in [1.29, 1.82) is 0 Å². The van der Waals surface area contributed by atoms with E-state index < -0.39 is 5.91 Å². The van der Waals surface area contributed by atoms with Gasteiger partial charge in [-0.3, -0.25) is 19.3 Å². The number of hydrogen-bond acceptors (Lipinski definition) is 6. The molecule has 2 aliphatic heterocycles. The van der Waals surface area contributed by atoms with Gasteiger partial charge in [-0.15, -0.1) is 0 Å². The van der Waals surface area contributed by atoms with Gasteiger partial charge in [0.1, 0.15) is 19.5 Å². The molecule has 26 heavy (non-hydrogen) atoms. The lowest BCUT2D eigenvalue weighted by Gasteiger charge is -2.16. The Kier molecular flexibility index (Phi) is 5.62. The fraction of sp³-hybridized carbons (Fsp3) is 0.278. The number of carbonyl (C=O) groups excluding carboxylic acids is 3. The molecule has 0 saturated carbocycles. The van der Waals surface area contributed by atoms with Crippen LogP contribution in [-0.2, 0) is 19.1 Å². The maximum Gasteiger partial charge on any atom is 0.293 e.